The topological polar surface area (TPSA) is 101 Å². The fourth-order valence-corrected chi connectivity index (χ4v) is 2.69. The van der Waals surface area contributed by atoms with Gasteiger partial charge in [-0.15, -0.1) is 0 Å². The summed E-state index contributed by atoms with van der Waals surface area (Å²) >= 11 is 5.87. The molecule has 2 aromatic carbocycles. The maximum atomic E-state index is 12.4. The largest absolute Gasteiger partial charge is 0.463 e. The number of hydrogen-bond acceptors (Lipinski definition) is 5. The van der Waals surface area contributed by atoms with Gasteiger partial charge in [-0.05, 0) is 31.2 Å². The van der Waals surface area contributed by atoms with E-state index < -0.39 is 5.91 Å². The van der Waals surface area contributed by atoms with Crippen molar-refractivity contribution in [1.82, 2.24) is 5.43 Å². The fraction of sp³-hybridized carbons (Fsp3) is 0.143. The number of hydrazone groups is 1. The van der Waals surface area contributed by atoms with Crippen LogP contribution in [0.3, 0.4) is 0 Å². The average Bonchev–Trinajstić information content (AvgIpc) is 2.70. The predicted molar refractivity (Wildman–Crippen MR) is 112 cm³/mol. The molecule has 2 N–H and O–H groups in total. The van der Waals surface area contributed by atoms with Crippen LogP contribution in [0.5, 0.6) is 0 Å². The first kappa shape index (κ1) is 20.3. The molecule has 0 saturated carbocycles. The van der Waals surface area contributed by atoms with Gasteiger partial charge < -0.3 is 9.73 Å². The SMILES string of the molecule is Cc1ccc(NC(=O)CCC(=O)N/N=C/c2coc3cc(Cl)ccc3c2=O)cc1. The first-order valence-corrected chi connectivity index (χ1v) is 9.19. The smallest absolute Gasteiger partial charge is 0.240 e. The van der Waals surface area contributed by atoms with Crippen LogP contribution in [0.4, 0.5) is 5.69 Å². The van der Waals surface area contributed by atoms with E-state index in [-0.39, 0.29) is 29.7 Å². The summed E-state index contributed by atoms with van der Waals surface area (Å²) in [6.45, 7) is 1.95. The van der Waals surface area contributed by atoms with Gasteiger partial charge in [0.1, 0.15) is 11.8 Å². The zero-order valence-corrected chi connectivity index (χ0v) is 16.3. The minimum Gasteiger partial charge on any atom is -0.463 e. The highest BCUT2D eigenvalue weighted by molar-refractivity contribution is 6.31. The second kappa shape index (κ2) is 9.16. The number of nitrogens with zero attached hydrogens (tertiary/aromatic N) is 1. The summed E-state index contributed by atoms with van der Waals surface area (Å²) in [6, 6.07) is 12.0. The highest BCUT2D eigenvalue weighted by atomic mass is 35.5. The summed E-state index contributed by atoms with van der Waals surface area (Å²) in [5.74, 6) is -0.723. The van der Waals surface area contributed by atoms with Crippen molar-refractivity contribution in [2.24, 2.45) is 5.10 Å². The maximum Gasteiger partial charge on any atom is 0.240 e. The molecule has 0 aliphatic carbocycles. The Morgan fingerprint density at radius 2 is 1.83 bits per heavy atom. The van der Waals surface area contributed by atoms with Crippen molar-refractivity contribution in [2.75, 3.05) is 5.32 Å². The number of fused-ring (bicyclic) bond motifs is 1. The molecule has 8 heteroatoms. The Labute approximate surface area is 171 Å². The van der Waals surface area contributed by atoms with Gasteiger partial charge >= 0.3 is 0 Å². The van der Waals surface area contributed by atoms with E-state index in [2.05, 4.69) is 15.8 Å². The lowest BCUT2D eigenvalue weighted by molar-refractivity contribution is -0.124. The summed E-state index contributed by atoms with van der Waals surface area (Å²) in [6.07, 6.45) is 2.41. The van der Waals surface area contributed by atoms with Crippen molar-refractivity contribution >= 4 is 46.3 Å². The number of hydrogen-bond donors (Lipinski definition) is 2. The Hall–Kier alpha value is -3.45. The standard InChI is InChI=1S/C21H18ClN3O4/c1-13-2-5-16(6-3-13)24-19(26)8-9-20(27)25-23-11-14-12-29-18-10-15(22)4-7-17(18)21(14)28/h2-7,10-12H,8-9H2,1H3,(H,24,26)(H,25,27)/b23-11+. The summed E-state index contributed by atoms with van der Waals surface area (Å²) in [4.78, 5) is 36.1. The third-order valence-electron chi connectivity index (χ3n) is 4.07. The Morgan fingerprint density at radius 1 is 1.10 bits per heavy atom. The predicted octanol–water partition coefficient (Wildman–Crippen LogP) is 3.62. The molecule has 148 valence electrons. The van der Waals surface area contributed by atoms with E-state index in [1.807, 2.05) is 19.1 Å². The van der Waals surface area contributed by atoms with Crippen molar-refractivity contribution in [3.63, 3.8) is 0 Å². The summed E-state index contributed by atoms with van der Waals surface area (Å²) in [5, 5.41) is 7.29. The van der Waals surface area contributed by atoms with Crippen LogP contribution in [-0.2, 0) is 9.59 Å². The van der Waals surface area contributed by atoms with E-state index in [1.165, 1.54) is 12.5 Å². The third-order valence-corrected chi connectivity index (χ3v) is 4.31. The number of rotatable bonds is 6. The monoisotopic (exact) mass is 411 g/mol. The number of carbonyl (C=O) groups is 2. The van der Waals surface area contributed by atoms with Gasteiger partial charge in [0.15, 0.2) is 0 Å². The van der Waals surface area contributed by atoms with Crippen LogP contribution in [0.1, 0.15) is 24.0 Å². The van der Waals surface area contributed by atoms with Crippen molar-refractivity contribution in [2.45, 2.75) is 19.8 Å². The van der Waals surface area contributed by atoms with Crippen molar-refractivity contribution in [1.29, 1.82) is 0 Å². The Kier molecular flexibility index (Phi) is 6.41. The molecule has 3 aromatic rings. The Bertz CT molecular complexity index is 1140. The van der Waals surface area contributed by atoms with E-state index in [0.717, 1.165) is 5.56 Å². The Morgan fingerprint density at radius 3 is 2.59 bits per heavy atom. The number of benzene rings is 2. The van der Waals surface area contributed by atoms with Crippen molar-refractivity contribution in [3.05, 3.63) is 75.1 Å². The summed E-state index contributed by atoms with van der Waals surface area (Å²) < 4.78 is 5.36. The van der Waals surface area contributed by atoms with E-state index in [9.17, 15) is 14.4 Å². The van der Waals surface area contributed by atoms with Crippen LogP contribution in [0.15, 0.2) is 63.0 Å². The number of anilines is 1. The van der Waals surface area contributed by atoms with Crippen molar-refractivity contribution < 1.29 is 14.0 Å². The van der Waals surface area contributed by atoms with Crippen LogP contribution in [0.2, 0.25) is 5.02 Å². The fourth-order valence-electron chi connectivity index (χ4n) is 2.52. The van der Waals surface area contributed by atoms with Gasteiger partial charge in [0.25, 0.3) is 0 Å². The van der Waals surface area contributed by atoms with Crippen LogP contribution in [0, 0.1) is 6.92 Å². The van der Waals surface area contributed by atoms with E-state index in [4.69, 9.17) is 16.0 Å². The average molecular weight is 412 g/mol. The first-order valence-electron chi connectivity index (χ1n) is 8.82. The number of halogens is 1. The molecule has 0 spiro atoms. The van der Waals surface area contributed by atoms with Crippen LogP contribution >= 0.6 is 11.6 Å². The maximum absolute atomic E-state index is 12.4. The highest BCUT2D eigenvalue weighted by Crippen LogP contribution is 2.16. The molecule has 0 radical (unpaired) electrons. The summed E-state index contributed by atoms with van der Waals surface area (Å²) in [5.41, 5.74) is 4.30. The zero-order valence-electron chi connectivity index (χ0n) is 15.6. The molecule has 0 aliphatic rings. The molecule has 0 bridgehead atoms. The van der Waals surface area contributed by atoms with Gasteiger partial charge in [0.05, 0.1) is 17.2 Å². The molecular weight excluding hydrogens is 394 g/mol. The first-order chi connectivity index (χ1) is 13.9. The van der Waals surface area contributed by atoms with E-state index in [1.54, 1.807) is 30.3 Å². The molecule has 0 fully saturated rings. The molecule has 2 amide bonds. The minimum atomic E-state index is -0.447. The number of amides is 2. The normalized spacial score (nSPS) is 11.0. The van der Waals surface area contributed by atoms with Crippen molar-refractivity contribution in [3.8, 4) is 0 Å². The molecular formula is C21H18ClN3O4. The Balaban J connectivity index is 1.52. The van der Waals surface area contributed by atoms with Gasteiger partial charge in [-0.1, -0.05) is 29.3 Å². The molecule has 0 unspecified atom stereocenters. The highest BCUT2D eigenvalue weighted by Gasteiger charge is 2.08. The van der Waals surface area contributed by atoms with E-state index >= 15 is 0 Å². The van der Waals surface area contributed by atoms with Gasteiger partial charge in [-0.3, -0.25) is 14.4 Å². The van der Waals surface area contributed by atoms with E-state index in [0.29, 0.717) is 21.7 Å². The molecule has 0 saturated heterocycles. The minimum absolute atomic E-state index is 0.00804. The molecule has 0 atom stereocenters. The lowest BCUT2D eigenvalue weighted by atomic mass is 10.2. The van der Waals surface area contributed by atoms with Gasteiger partial charge in [0.2, 0.25) is 17.2 Å². The van der Waals surface area contributed by atoms with Crippen LogP contribution < -0.4 is 16.2 Å². The molecule has 3 rings (SSSR count). The second-order valence-corrected chi connectivity index (χ2v) is 6.80. The molecule has 1 heterocycles. The van der Waals surface area contributed by atoms with Gasteiger partial charge in [-0.25, -0.2) is 5.43 Å². The van der Waals surface area contributed by atoms with Crippen LogP contribution in [0.25, 0.3) is 11.0 Å². The second-order valence-electron chi connectivity index (χ2n) is 6.37. The van der Waals surface area contributed by atoms with Gasteiger partial charge in [0, 0.05) is 29.6 Å². The third kappa shape index (κ3) is 5.52. The lowest BCUT2D eigenvalue weighted by Crippen LogP contribution is -2.21. The quantitative estimate of drug-likeness (QED) is 0.477. The van der Waals surface area contributed by atoms with Crippen LogP contribution in [-0.4, -0.2) is 18.0 Å². The molecule has 29 heavy (non-hydrogen) atoms. The summed E-state index contributed by atoms with van der Waals surface area (Å²) in [7, 11) is 0. The molecule has 0 aliphatic heterocycles. The molecule has 7 nitrogen and oxygen atoms in total. The number of nitrogens with one attached hydrogen (secondary N) is 2. The zero-order chi connectivity index (χ0) is 20.8. The lowest BCUT2D eigenvalue weighted by Gasteiger charge is -2.05. The number of aryl methyl sites for hydroxylation is 1. The van der Waals surface area contributed by atoms with Gasteiger partial charge in [-0.2, -0.15) is 5.10 Å². The number of carbonyl (C=O) groups excluding carboxylic acids is 2. The molecule has 1 aromatic heterocycles.